The average molecular weight is 467 g/mol. The van der Waals surface area contributed by atoms with Crippen LogP contribution in [0.3, 0.4) is 0 Å². The predicted molar refractivity (Wildman–Crippen MR) is 128 cm³/mol. The fourth-order valence-corrected chi connectivity index (χ4v) is 3.87. The molecule has 0 saturated carbocycles. The van der Waals surface area contributed by atoms with Gasteiger partial charge in [0.05, 0.1) is 12.9 Å². The molecule has 1 N–H and O–H groups in total. The molecule has 8 nitrogen and oxygen atoms in total. The fourth-order valence-electron chi connectivity index (χ4n) is 3.11. The van der Waals surface area contributed by atoms with Gasteiger partial charge in [0.25, 0.3) is 0 Å². The molecule has 0 spiro atoms. The third kappa shape index (κ3) is 6.23. The maximum Gasteiger partial charge on any atom is 0.234 e. The Morgan fingerprint density at radius 1 is 1.18 bits per heavy atom. The first kappa shape index (κ1) is 24.1. The highest BCUT2D eigenvalue weighted by molar-refractivity contribution is 7.99. The van der Waals surface area contributed by atoms with Crippen LogP contribution in [0.15, 0.2) is 66.3 Å². The van der Waals surface area contributed by atoms with Crippen molar-refractivity contribution in [1.29, 1.82) is 0 Å². The minimum Gasteiger partial charge on any atom is -0.493 e. The SMILES string of the molecule is C=CCn1c(SCC(=O)Nc2cccc(C(C)=O)c2)nnc1C(C)Oc1ccccc1OC. The van der Waals surface area contributed by atoms with Crippen molar-refractivity contribution in [3.05, 3.63) is 72.6 Å². The minimum absolute atomic E-state index is 0.0602. The molecule has 0 aliphatic heterocycles. The second kappa shape index (κ2) is 11.3. The number of ether oxygens (including phenoxy) is 2. The highest BCUT2D eigenvalue weighted by Crippen LogP contribution is 2.31. The number of allylic oxidation sites excluding steroid dienone is 1. The van der Waals surface area contributed by atoms with Crippen LogP contribution >= 0.6 is 11.8 Å². The predicted octanol–water partition coefficient (Wildman–Crippen LogP) is 4.55. The number of rotatable bonds is 11. The van der Waals surface area contributed by atoms with Crippen molar-refractivity contribution < 1.29 is 19.1 Å². The lowest BCUT2D eigenvalue weighted by atomic mass is 10.1. The first-order valence-corrected chi connectivity index (χ1v) is 11.3. The highest BCUT2D eigenvalue weighted by Gasteiger charge is 2.21. The van der Waals surface area contributed by atoms with Gasteiger partial charge in [-0.2, -0.15) is 0 Å². The van der Waals surface area contributed by atoms with Gasteiger partial charge in [-0.15, -0.1) is 16.8 Å². The topological polar surface area (TPSA) is 95.3 Å². The van der Waals surface area contributed by atoms with Crippen molar-refractivity contribution in [2.75, 3.05) is 18.2 Å². The molecular weight excluding hydrogens is 440 g/mol. The van der Waals surface area contributed by atoms with Gasteiger partial charge in [0.15, 0.2) is 34.4 Å². The zero-order chi connectivity index (χ0) is 23.8. The van der Waals surface area contributed by atoms with E-state index in [9.17, 15) is 9.59 Å². The van der Waals surface area contributed by atoms with E-state index in [1.54, 1.807) is 37.5 Å². The summed E-state index contributed by atoms with van der Waals surface area (Å²) in [6, 6.07) is 14.2. The Balaban J connectivity index is 1.68. The number of carbonyl (C=O) groups is 2. The van der Waals surface area contributed by atoms with Gasteiger partial charge < -0.3 is 14.8 Å². The number of nitrogens with one attached hydrogen (secondary N) is 1. The zero-order valence-electron chi connectivity index (χ0n) is 18.8. The summed E-state index contributed by atoms with van der Waals surface area (Å²) in [4.78, 5) is 24.0. The summed E-state index contributed by atoms with van der Waals surface area (Å²) < 4.78 is 13.3. The molecule has 1 atom stereocenters. The summed E-state index contributed by atoms with van der Waals surface area (Å²) in [5.41, 5.74) is 1.11. The number of Topliss-reactive ketones (excluding diaryl/α,β-unsaturated/α-hetero) is 1. The van der Waals surface area contributed by atoms with Crippen molar-refractivity contribution in [2.24, 2.45) is 0 Å². The third-order valence-electron chi connectivity index (χ3n) is 4.68. The first-order valence-electron chi connectivity index (χ1n) is 10.3. The van der Waals surface area contributed by atoms with Crippen LogP contribution in [0.2, 0.25) is 0 Å². The molecule has 9 heteroatoms. The van der Waals surface area contributed by atoms with E-state index in [1.807, 2.05) is 35.8 Å². The molecule has 1 aromatic heterocycles. The summed E-state index contributed by atoms with van der Waals surface area (Å²) in [6.07, 6.45) is 1.33. The second-order valence-electron chi connectivity index (χ2n) is 7.12. The number of carbonyl (C=O) groups excluding carboxylic acids is 2. The van der Waals surface area contributed by atoms with Crippen LogP contribution in [0.5, 0.6) is 11.5 Å². The Hall–Kier alpha value is -3.59. The van der Waals surface area contributed by atoms with Crippen molar-refractivity contribution >= 4 is 29.1 Å². The Morgan fingerprint density at radius 3 is 2.64 bits per heavy atom. The van der Waals surface area contributed by atoms with E-state index in [0.717, 1.165) is 0 Å². The van der Waals surface area contributed by atoms with Crippen molar-refractivity contribution in [2.45, 2.75) is 31.7 Å². The fraction of sp³-hybridized carbons (Fsp3) is 0.250. The highest BCUT2D eigenvalue weighted by atomic mass is 32.2. The molecule has 2 aromatic carbocycles. The van der Waals surface area contributed by atoms with Gasteiger partial charge in [0.2, 0.25) is 5.91 Å². The summed E-state index contributed by atoms with van der Waals surface area (Å²) >= 11 is 1.26. The van der Waals surface area contributed by atoms with Crippen LogP contribution in [-0.4, -0.2) is 39.3 Å². The average Bonchev–Trinajstić information content (AvgIpc) is 3.21. The largest absolute Gasteiger partial charge is 0.493 e. The van der Waals surface area contributed by atoms with E-state index in [4.69, 9.17) is 9.47 Å². The Kier molecular flexibility index (Phi) is 8.26. The van der Waals surface area contributed by atoms with E-state index in [0.29, 0.717) is 40.3 Å². The van der Waals surface area contributed by atoms with Gasteiger partial charge >= 0.3 is 0 Å². The van der Waals surface area contributed by atoms with Crippen molar-refractivity contribution in [3.63, 3.8) is 0 Å². The molecule has 172 valence electrons. The Bertz CT molecular complexity index is 1140. The molecule has 0 radical (unpaired) electrons. The van der Waals surface area contributed by atoms with E-state index >= 15 is 0 Å². The van der Waals surface area contributed by atoms with Gasteiger partial charge in [-0.3, -0.25) is 14.2 Å². The van der Waals surface area contributed by atoms with Crippen LogP contribution in [0.4, 0.5) is 5.69 Å². The molecule has 3 aromatic rings. The summed E-state index contributed by atoms with van der Waals surface area (Å²) in [5, 5.41) is 11.9. The number of benzene rings is 2. The normalized spacial score (nSPS) is 11.5. The van der Waals surface area contributed by atoms with E-state index < -0.39 is 6.10 Å². The molecule has 0 aliphatic carbocycles. The number of anilines is 1. The monoisotopic (exact) mass is 466 g/mol. The lowest BCUT2D eigenvalue weighted by Crippen LogP contribution is -2.16. The van der Waals surface area contributed by atoms with Gasteiger partial charge in [0, 0.05) is 17.8 Å². The lowest BCUT2D eigenvalue weighted by Gasteiger charge is -2.17. The summed E-state index contributed by atoms with van der Waals surface area (Å²) in [6.45, 7) is 7.63. The summed E-state index contributed by atoms with van der Waals surface area (Å²) in [7, 11) is 1.59. The Morgan fingerprint density at radius 2 is 1.94 bits per heavy atom. The van der Waals surface area contributed by atoms with Crippen molar-refractivity contribution in [1.82, 2.24) is 14.8 Å². The number of hydrogen-bond donors (Lipinski definition) is 1. The quantitative estimate of drug-likeness (QED) is 0.252. The molecule has 0 bridgehead atoms. The number of nitrogens with zero attached hydrogens (tertiary/aromatic N) is 3. The maximum absolute atomic E-state index is 12.5. The standard InChI is InChI=1S/C24H26N4O4S/c1-5-13-28-23(17(3)32-21-12-7-6-11-20(21)31-4)26-27-24(28)33-15-22(30)25-19-10-8-9-18(14-19)16(2)29/h5-12,14,17H,1,13,15H2,2-4H3,(H,25,30). The van der Waals surface area contributed by atoms with Gasteiger partial charge in [0.1, 0.15) is 0 Å². The molecule has 0 aliphatic rings. The van der Waals surface area contributed by atoms with Crippen LogP contribution in [0, 0.1) is 0 Å². The van der Waals surface area contributed by atoms with Crippen LogP contribution in [0.25, 0.3) is 0 Å². The lowest BCUT2D eigenvalue weighted by molar-refractivity contribution is -0.113. The first-order chi connectivity index (χ1) is 15.9. The van der Waals surface area contributed by atoms with Gasteiger partial charge in [-0.25, -0.2) is 0 Å². The van der Waals surface area contributed by atoms with Crippen LogP contribution < -0.4 is 14.8 Å². The van der Waals surface area contributed by atoms with Gasteiger partial charge in [-0.1, -0.05) is 42.1 Å². The van der Waals surface area contributed by atoms with E-state index in [2.05, 4.69) is 22.1 Å². The molecule has 0 fully saturated rings. The van der Waals surface area contributed by atoms with Crippen LogP contribution in [-0.2, 0) is 11.3 Å². The third-order valence-corrected chi connectivity index (χ3v) is 5.65. The van der Waals surface area contributed by atoms with Gasteiger partial charge in [-0.05, 0) is 38.1 Å². The van der Waals surface area contributed by atoms with E-state index in [1.165, 1.54) is 18.7 Å². The van der Waals surface area contributed by atoms with E-state index in [-0.39, 0.29) is 17.4 Å². The van der Waals surface area contributed by atoms with Crippen LogP contribution in [0.1, 0.15) is 36.1 Å². The molecule has 1 unspecified atom stereocenters. The van der Waals surface area contributed by atoms with Crippen molar-refractivity contribution in [3.8, 4) is 11.5 Å². The number of para-hydroxylation sites is 2. The number of aromatic nitrogens is 3. The molecule has 33 heavy (non-hydrogen) atoms. The number of thioether (sulfide) groups is 1. The molecular formula is C24H26N4O4S. The number of hydrogen-bond acceptors (Lipinski definition) is 7. The molecule has 1 amide bonds. The Labute approximate surface area is 197 Å². The number of methoxy groups -OCH3 is 1. The summed E-state index contributed by atoms with van der Waals surface area (Å²) in [5.74, 6) is 1.68. The maximum atomic E-state index is 12.5. The molecule has 0 saturated heterocycles. The molecule has 3 rings (SSSR count). The zero-order valence-corrected chi connectivity index (χ0v) is 19.6. The minimum atomic E-state index is -0.411. The molecule has 1 heterocycles. The number of amides is 1. The number of ketones is 1. The smallest absolute Gasteiger partial charge is 0.234 e. The second-order valence-corrected chi connectivity index (χ2v) is 8.07.